The summed E-state index contributed by atoms with van der Waals surface area (Å²) >= 11 is 9.19. The molecule has 0 spiro atoms. The van der Waals surface area contributed by atoms with E-state index in [1.54, 1.807) is 151 Å². The first-order chi connectivity index (χ1) is 67.0. The maximum Gasteiger partial charge on any atom is 2.00 e. The van der Waals surface area contributed by atoms with Crippen molar-refractivity contribution < 1.29 is 122 Å². The smallest absolute Gasteiger partial charge is 0.512 e. The summed E-state index contributed by atoms with van der Waals surface area (Å²) in [5.41, 5.74) is 2.87. The van der Waals surface area contributed by atoms with Crippen LogP contribution in [0, 0.1) is 67.4 Å². The number of benzene rings is 10. The number of halogens is 12. The van der Waals surface area contributed by atoms with Gasteiger partial charge in [-0.25, -0.2) is 43.4 Å². The summed E-state index contributed by atoms with van der Waals surface area (Å²) < 4.78 is 257. The molecule has 1 fully saturated rings. The first-order valence-electron chi connectivity index (χ1n) is 42.3. The number of nitriles is 2. The van der Waals surface area contributed by atoms with E-state index in [1.165, 1.54) is 82.1 Å². The van der Waals surface area contributed by atoms with Crippen LogP contribution in [0.3, 0.4) is 0 Å². The zero-order valence-corrected chi connectivity index (χ0v) is 88.8. The first-order valence-corrected chi connectivity index (χ1v) is 49.4. The number of anilines is 3. The van der Waals surface area contributed by atoms with Gasteiger partial charge in [0.1, 0.15) is 35.9 Å². The summed E-state index contributed by atoms with van der Waals surface area (Å²) in [5.74, 6) is -3.65. The number of sulfonamides is 3. The van der Waals surface area contributed by atoms with Gasteiger partial charge in [-0.15, -0.1) is 26.3 Å². The molecule has 0 amide bonds. The number of H-pyrrole nitrogens is 1. The SMILES string of the molecule is Brc1ccc(I)c2ncccc12.CC(C)(C)c1ccc(S(=O)(=O)Nc2cc3c(cc2-c2ccc(-c4ncn[nH]4)c4ncccc24)OC(F)(F)O3)cc1F.CC(C)(C)c1ccc(S(=O)(=O)Nc2cc3c(cc2-c2ccc(C#N)c4ncccc24)OC(F)(F)O3)cc1F.CC(C)(C)c1ccc(S(=O)(=O)Nc2cc3c(cc2B2OC(C)(C)C(C)(C)O2)OC(F)(F)O3)cc1F.N#Cc1ccc(Br)c2cccnc12.[C-]#N.[C-]#N.[Zn+2]. The maximum atomic E-state index is 14.9. The van der Waals surface area contributed by atoms with Gasteiger partial charge in [0.2, 0.25) is 0 Å². The van der Waals surface area contributed by atoms with Crippen molar-refractivity contribution >= 4 is 158 Å². The molecule has 0 unspecified atom stereocenters. The number of hydrogen-bond donors (Lipinski definition) is 4. The molecule has 4 aliphatic heterocycles. The number of fused-ring (bicyclic) bond motifs is 7. The van der Waals surface area contributed by atoms with Crippen molar-refractivity contribution in [2.45, 2.75) is 151 Å². The van der Waals surface area contributed by atoms with E-state index in [2.05, 4.69) is 150 Å². The average Bonchev–Trinajstić information content (AvgIpc) is 1.60. The Bertz CT molecular complexity index is 7980. The fourth-order valence-corrected chi connectivity index (χ4v) is 19.8. The molecule has 15 aromatic rings. The Morgan fingerprint density at radius 1 is 0.403 bits per heavy atom. The van der Waals surface area contributed by atoms with Crippen LogP contribution < -0.4 is 48.1 Å². The summed E-state index contributed by atoms with van der Waals surface area (Å²) in [6, 6.07) is 50.5. The molecular formula is C99H79BBr2F9IN14O14S3Zn. The number of aromatic nitrogens is 7. The second-order valence-corrected chi connectivity index (χ2v) is 43.7. The van der Waals surface area contributed by atoms with Gasteiger partial charge in [0.15, 0.2) is 40.3 Å². The summed E-state index contributed by atoms with van der Waals surface area (Å²) in [7, 11) is -14.2. The molecule has 4 aliphatic rings. The number of nitrogens with one attached hydrogen (secondary N) is 4. The summed E-state index contributed by atoms with van der Waals surface area (Å²) in [6.07, 6.45) is -3.89. The van der Waals surface area contributed by atoms with Crippen LogP contribution in [0.1, 0.15) is 118 Å². The molecule has 144 heavy (non-hydrogen) atoms. The molecule has 19 rings (SSSR count). The van der Waals surface area contributed by atoms with Crippen LogP contribution in [0.4, 0.5) is 56.6 Å². The van der Waals surface area contributed by atoms with E-state index in [9.17, 15) is 70.0 Å². The molecular weight excluding hydrogens is 2240 g/mol. The predicted octanol–water partition coefficient (Wildman–Crippen LogP) is 23.8. The number of nitrogens with zero attached hydrogens (tertiary/aromatic N) is 10. The summed E-state index contributed by atoms with van der Waals surface area (Å²) in [6.45, 7) is 32.9. The van der Waals surface area contributed by atoms with Crippen molar-refractivity contribution in [2.24, 2.45) is 0 Å². The molecule has 0 saturated carbocycles. The molecule has 0 aliphatic carbocycles. The van der Waals surface area contributed by atoms with Gasteiger partial charge < -0.3 is 61.4 Å². The van der Waals surface area contributed by atoms with E-state index in [4.69, 9.17) is 38.2 Å². The van der Waals surface area contributed by atoms with Gasteiger partial charge in [-0.1, -0.05) is 149 Å². The fraction of sp³-hybridized carbons (Fsp3) is 0.212. The van der Waals surface area contributed by atoms with Crippen molar-refractivity contribution in [2.75, 3.05) is 14.2 Å². The third kappa shape index (κ3) is 23.8. The van der Waals surface area contributed by atoms with Crippen LogP contribution in [0.15, 0.2) is 243 Å². The number of pyridine rings is 4. The van der Waals surface area contributed by atoms with Gasteiger partial charge in [0, 0.05) is 99.2 Å². The third-order valence-electron chi connectivity index (χ3n) is 22.5. The van der Waals surface area contributed by atoms with Gasteiger partial charge in [-0.3, -0.25) is 39.2 Å². The fourth-order valence-electron chi connectivity index (χ4n) is 15.1. The largest absolute Gasteiger partial charge is 2.00 e. The monoisotopic (exact) mass is 2310 g/mol. The maximum absolute atomic E-state index is 14.9. The van der Waals surface area contributed by atoms with Crippen molar-refractivity contribution in [1.82, 2.24) is 35.1 Å². The van der Waals surface area contributed by atoms with Crippen LogP contribution in [0.25, 0.3) is 77.3 Å². The third-order valence-corrected chi connectivity index (χ3v) is 28.8. The standard InChI is InChI=1S/C28H22F3N5O4S.C27H20F3N3O4S.C23H27BF3NO6S.C10H5BrN2.C9H5BrIN.2CN.Zn/c1-27(2,3)20-9-6-15(11-21(20)29)41(37,38)36-22-13-24-23(39-28(30,31)40-24)12-19(22)16-7-8-18(26-33-14-34-35-26)25-17(16)5-4-10-32-25;1-26(2,3)20-9-7-16(11-21(20)28)38(34,35)33-22-13-24-23(36-27(29,30)37-24)12-19(22)17-8-6-15(14-31)25-18(17)5-4-10-32-25;1-20(2,3)14-9-8-13(10-16(14)25)35(29,30)28-17-12-19-18(31-23(26,27)32-19)11-15(17)24-33-21(4,5)22(6,7)34-24;11-9-4-3-7(6-12)10-8(9)2-1-5-13-10;10-7-3-4-8(11)9-6(7)2-1-5-12-9;2*1-2;/h4-14,36H,1-3H3,(H,33,34,35);4-13,33H,1-3H3;8-12,28H,1-7H3;1-5H;1-5H;;;/q;;;;;2*-1;+2. The van der Waals surface area contributed by atoms with Crippen LogP contribution in [-0.2, 0) is 75.1 Å². The van der Waals surface area contributed by atoms with E-state index >= 15 is 0 Å². The Kier molecular flexibility index (Phi) is 32.0. The van der Waals surface area contributed by atoms with Crippen molar-refractivity contribution in [1.29, 1.82) is 21.0 Å². The minimum absolute atomic E-state index is 0. The van der Waals surface area contributed by atoms with Gasteiger partial charge in [0.05, 0.1) is 76.1 Å². The molecule has 4 N–H and O–H groups in total. The zero-order valence-electron chi connectivity index (χ0n) is 78.0. The second-order valence-electron chi connectivity index (χ2n) is 35.8. The van der Waals surface area contributed by atoms with Gasteiger partial charge >= 0.3 is 45.5 Å². The van der Waals surface area contributed by atoms with Crippen molar-refractivity contribution in [3.8, 4) is 80.3 Å². The van der Waals surface area contributed by atoms with E-state index in [1.807, 2.05) is 42.6 Å². The normalized spacial score (nSPS) is 14.6. The Balaban J connectivity index is 0.000000168. The summed E-state index contributed by atoms with van der Waals surface area (Å²) in [4.78, 5) is 20.3. The molecule has 45 heteroatoms. The Morgan fingerprint density at radius 2 is 0.722 bits per heavy atom. The second kappa shape index (κ2) is 42.1. The van der Waals surface area contributed by atoms with E-state index < -0.39 is 101 Å². The van der Waals surface area contributed by atoms with E-state index in [0.29, 0.717) is 66.6 Å². The quantitative estimate of drug-likeness (QED) is 0.0360. The number of aromatic amines is 1. The first kappa shape index (κ1) is 109. The molecule has 9 heterocycles. The van der Waals surface area contributed by atoms with Gasteiger partial charge in [0.25, 0.3) is 30.1 Å². The topological polar surface area (TPSA) is 401 Å². The van der Waals surface area contributed by atoms with Crippen LogP contribution >= 0.6 is 54.5 Å². The van der Waals surface area contributed by atoms with Crippen molar-refractivity contribution in [3.05, 3.63) is 290 Å². The van der Waals surface area contributed by atoms with Gasteiger partial charge in [-0.2, -0.15) is 15.6 Å². The van der Waals surface area contributed by atoms with Crippen LogP contribution in [-0.4, -0.2) is 97.6 Å². The Morgan fingerprint density at radius 3 is 1.10 bits per heavy atom. The van der Waals surface area contributed by atoms with E-state index in [0.717, 1.165) is 61.8 Å². The van der Waals surface area contributed by atoms with Crippen molar-refractivity contribution in [3.63, 3.8) is 0 Å². The molecule has 10 aromatic carbocycles. The molecule has 1 saturated heterocycles. The number of ether oxygens (including phenoxy) is 6. The molecule has 5 aromatic heterocycles. The molecule has 736 valence electrons. The predicted molar refractivity (Wildman–Crippen MR) is 529 cm³/mol. The minimum Gasteiger partial charge on any atom is -0.512 e. The average molecular weight is 2320 g/mol. The van der Waals surface area contributed by atoms with Crippen LogP contribution in [0.5, 0.6) is 34.5 Å². The number of hydrogen-bond acceptors (Lipinski definition) is 24. The number of rotatable bonds is 13. The zero-order chi connectivity index (χ0) is 105. The van der Waals surface area contributed by atoms with E-state index in [-0.39, 0.29) is 108 Å². The molecule has 0 radical (unpaired) electrons. The number of alkyl halides is 6. The molecule has 28 nitrogen and oxygen atoms in total. The molecule has 0 atom stereocenters. The summed E-state index contributed by atoms with van der Waals surface area (Å²) in [5, 5.41) is 40.6. The Labute approximate surface area is 864 Å². The Hall–Kier alpha value is -13.3. The van der Waals surface area contributed by atoms with Crippen LogP contribution in [0.2, 0.25) is 0 Å². The molecule has 0 bridgehead atoms. The van der Waals surface area contributed by atoms with Gasteiger partial charge in [-0.05, 0) is 210 Å². The minimum atomic E-state index is -4.38.